The van der Waals surface area contributed by atoms with E-state index in [-0.39, 0.29) is 5.69 Å². The zero-order chi connectivity index (χ0) is 16.0. The van der Waals surface area contributed by atoms with Crippen molar-refractivity contribution >= 4 is 5.97 Å². The van der Waals surface area contributed by atoms with Crippen LogP contribution < -0.4 is 4.74 Å². The molecule has 0 unspecified atom stereocenters. The lowest BCUT2D eigenvalue weighted by Crippen LogP contribution is -2.04. The highest BCUT2D eigenvalue weighted by atomic mass is 16.5. The number of benzene rings is 1. The molecule has 1 aliphatic carbocycles. The van der Waals surface area contributed by atoms with Gasteiger partial charge in [-0.1, -0.05) is 24.3 Å². The fourth-order valence-corrected chi connectivity index (χ4v) is 2.97. The molecular formula is C17H13N3O3. The molecule has 1 N–H and O–H groups in total. The molecule has 6 heteroatoms. The summed E-state index contributed by atoms with van der Waals surface area (Å²) in [6, 6.07) is 11.4. The largest absolute Gasteiger partial charge is 0.481 e. The Kier molecular flexibility index (Phi) is 2.90. The fourth-order valence-electron chi connectivity index (χ4n) is 2.97. The SMILES string of the molecule is COc1ccc(-n2nc(C(=O)O)c3c2-c2ccccc2C3)cn1. The highest BCUT2D eigenvalue weighted by molar-refractivity contribution is 5.92. The van der Waals surface area contributed by atoms with Gasteiger partial charge in [-0.2, -0.15) is 5.10 Å². The Morgan fingerprint density at radius 3 is 2.78 bits per heavy atom. The van der Waals surface area contributed by atoms with Gasteiger partial charge in [0.2, 0.25) is 5.88 Å². The van der Waals surface area contributed by atoms with Crippen LogP contribution in [0.25, 0.3) is 16.9 Å². The molecule has 0 bridgehead atoms. The number of methoxy groups -OCH3 is 1. The second-order valence-corrected chi connectivity index (χ2v) is 5.29. The molecule has 2 heterocycles. The van der Waals surface area contributed by atoms with Gasteiger partial charge in [0.25, 0.3) is 0 Å². The molecule has 1 aromatic carbocycles. The van der Waals surface area contributed by atoms with Gasteiger partial charge in [-0.05, 0) is 11.6 Å². The number of aromatic carboxylic acids is 1. The highest BCUT2D eigenvalue weighted by Gasteiger charge is 2.30. The quantitative estimate of drug-likeness (QED) is 0.629. The average Bonchev–Trinajstić information content (AvgIpc) is 3.12. The minimum Gasteiger partial charge on any atom is -0.481 e. The van der Waals surface area contributed by atoms with Crippen LogP contribution in [-0.4, -0.2) is 33.0 Å². The van der Waals surface area contributed by atoms with Crippen molar-refractivity contribution in [2.45, 2.75) is 6.42 Å². The molecule has 2 aromatic heterocycles. The third-order valence-corrected chi connectivity index (χ3v) is 4.00. The molecule has 0 radical (unpaired) electrons. The number of rotatable bonds is 3. The van der Waals surface area contributed by atoms with Crippen LogP contribution in [0.4, 0.5) is 0 Å². The number of ether oxygens (including phenoxy) is 1. The van der Waals surface area contributed by atoms with Crippen molar-refractivity contribution in [2.24, 2.45) is 0 Å². The summed E-state index contributed by atoms with van der Waals surface area (Å²) in [5.41, 5.74) is 4.48. The first-order chi connectivity index (χ1) is 11.2. The van der Waals surface area contributed by atoms with Gasteiger partial charge in [0.15, 0.2) is 5.69 Å². The summed E-state index contributed by atoms with van der Waals surface area (Å²) in [6.07, 6.45) is 2.20. The maximum absolute atomic E-state index is 11.5. The lowest BCUT2D eigenvalue weighted by Gasteiger charge is -2.07. The number of carboxylic acid groups (broad SMARTS) is 1. The molecule has 0 fully saturated rings. The Morgan fingerprint density at radius 1 is 1.26 bits per heavy atom. The van der Waals surface area contributed by atoms with E-state index >= 15 is 0 Å². The topological polar surface area (TPSA) is 77.2 Å². The number of carbonyl (C=O) groups is 1. The number of hydrogen-bond donors (Lipinski definition) is 1. The van der Waals surface area contributed by atoms with Crippen LogP contribution in [0.3, 0.4) is 0 Å². The third kappa shape index (κ3) is 1.99. The predicted octanol–water partition coefficient (Wildman–Crippen LogP) is 2.55. The van der Waals surface area contributed by atoms with E-state index in [9.17, 15) is 9.90 Å². The van der Waals surface area contributed by atoms with E-state index in [0.717, 1.165) is 22.4 Å². The van der Waals surface area contributed by atoms with Crippen molar-refractivity contribution in [1.29, 1.82) is 0 Å². The smallest absolute Gasteiger partial charge is 0.356 e. The Morgan fingerprint density at radius 2 is 2.09 bits per heavy atom. The Labute approximate surface area is 132 Å². The molecular weight excluding hydrogens is 294 g/mol. The summed E-state index contributed by atoms with van der Waals surface area (Å²) >= 11 is 0. The number of aromatic nitrogens is 3. The molecule has 6 nitrogen and oxygen atoms in total. The molecule has 0 saturated carbocycles. The molecule has 23 heavy (non-hydrogen) atoms. The zero-order valence-electron chi connectivity index (χ0n) is 12.4. The van der Waals surface area contributed by atoms with E-state index in [1.54, 1.807) is 24.1 Å². The van der Waals surface area contributed by atoms with Crippen molar-refractivity contribution in [3.05, 3.63) is 59.4 Å². The van der Waals surface area contributed by atoms with E-state index < -0.39 is 5.97 Å². The molecule has 1 aliphatic rings. The zero-order valence-corrected chi connectivity index (χ0v) is 12.4. The first kappa shape index (κ1) is 13.5. The third-order valence-electron chi connectivity index (χ3n) is 4.00. The maximum Gasteiger partial charge on any atom is 0.356 e. The average molecular weight is 307 g/mol. The number of hydrogen-bond acceptors (Lipinski definition) is 4. The van der Waals surface area contributed by atoms with Crippen LogP contribution in [0, 0.1) is 0 Å². The summed E-state index contributed by atoms with van der Waals surface area (Å²) < 4.78 is 6.71. The van der Waals surface area contributed by atoms with E-state index in [0.29, 0.717) is 18.0 Å². The van der Waals surface area contributed by atoms with Crippen molar-refractivity contribution < 1.29 is 14.6 Å². The van der Waals surface area contributed by atoms with Gasteiger partial charge in [-0.3, -0.25) is 0 Å². The summed E-state index contributed by atoms with van der Waals surface area (Å²) in [5, 5.41) is 13.8. The van der Waals surface area contributed by atoms with Crippen LogP contribution in [-0.2, 0) is 6.42 Å². The number of carboxylic acids is 1. The van der Waals surface area contributed by atoms with Crippen LogP contribution in [0.1, 0.15) is 21.6 Å². The standard InChI is InChI=1S/C17H13N3O3/c1-23-14-7-6-11(9-18-14)20-16-12-5-3-2-4-10(12)8-13(16)15(19-20)17(21)22/h2-7,9H,8H2,1H3,(H,21,22). The van der Waals surface area contributed by atoms with Crippen molar-refractivity contribution in [3.8, 4) is 22.8 Å². The van der Waals surface area contributed by atoms with E-state index in [4.69, 9.17) is 4.74 Å². The van der Waals surface area contributed by atoms with E-state index in [1.807, 2.05) is 30.3 Å². The first-order valence-corrected chi connectivity index (χ1v) is 7.13. The van der Waals surface area contributed by atoms with Crippen molar-refractivity contribution in [3.63, 3.8) is 0 Å². The lowest BCUT2D eigenvalue weighted by atomic mass is 10.1. The molecule has 0 atom stereocenters. The van der Waals surface area contributed by atoms with Gasteiger partial charge in [0.05, 0.1) is 24.7 Å². The van der Waals surface area contributed by atoms with Crippen LogP contribution in [0.15, 0.2) is 42.6 Å². The summed E-state index contributed by atoms with van der Waals surface area (Å²) in [5.74, 6) is -0.523. The predicted molar refractivity (Wildman–Crippen MR) is 83.1 cm³/mol. The summed E-state index contributed by atoms with van der Waals surface area (Å²) in [7, 11) is 1.55. The Balaban J connectivity index is 1.95. The Bertz CT molecular complexity index is 913. The van der Waals surface area contributed by atoms with Crippen LogP contribution >= 0.6 is 0 Å². The summed E-state index contributed by atoms with van der Waals surface area (Å²) in [6.45, 7) is 0. The molecule has 4 rings (SSSR count). The normalized spacial score (nSPS) is 11.9. The second-order valence-electron chi connectivity index (χ2n) is 5.29. The highest BCUT2D eigenvalue weighted by Crippen LogP contribution is 2.39. The van der Waals surface area contributed by atoms with Crippen LogP contribution in [0.5, 0.6) is 5.88 Å². The molecule has 0 spiro atoms. The number of pyridine rings is 1. The van der Waals surface area contributed by atoms with Crippen molar-refractivity contribution in [2.75, 3.05) is 7.11 Å². The fraction of sp³-hybridized carbons (Fsp3) is 0.118. The molecule has 0 saturated heterocycles. The van der Waals surface area contributed by atoms with Gasteiger partial charge in [-0.15, -0.1) is 0 Å². The minimum atomic E-state index is -1.02. The number of nitrogens with zero attached hydrogens (tertiary/aromatic N) is 3. The molecule has 0 amide bonds. The maximum atomic E-state index is 11.5. The molecule has 3 aromatic rings. The summed E-state index contributed by atoms with van der Waals surface area (Å²) in [4.78, 5) is 15.7. The van der Waals surface area contributed by atoms with Gasteiger partial charge >= 0.3 is 5.97 Å². The second kappa shape index (κ2) is 4.95. The first-order valence-electron chi connectivity index (χ1n) is 7.13. The minimum absolute atomic E-state index is 0.0898. The molecule has 0 aliphatic heterocycles. The van der Waals surface area contributed by atoms with Crippen molar-refractivity contribution in [1.82, 2.24) is 14.8 Å². The van der Waals surface area contributed by atoms with Gasteiger partial charge in [0, 0.05) is 23.6 Å². The van der Waals surface area contributed by atoms with Gasteiger partial charge in [0.1, 0.15) is 0 Å². The van der Waals surface area contributed by atoms with E-state index in [2.05, 4.69) is 10.1 Å². The number of fused-ring (bicyclic) bond motifs is 3. The van der Waals surface area contributed by atoms with Gasteiger partial charge < -0.3 is 9.84 Å². The van der Waals surface area contributed by atoms with E-state index in [1.165, 1.54) is 0 Å². The lowest BCUT2D eigenvalue weighted by molar-refractivity contribution is 0.0689. The van der Waals surface area contributed by atoms with Gasteiger partial charge in [-0.25, -0.2) is 14.5 Å². The monoisotopic (exact) mass is 307 g/mol. The Hall–Kier alpha value is -3.15. The van der Waals surface area contributed by atoms with Crippen LogP contribution in [0.2, 0.25) is 0 Å². The molecule has 114 valence electrons.